The predicted molar refractivity (Wildman–Crippen MR) is 169 cm³/mol. The minimum atomic E-state index is -0.401. The molecule has 3 aromatic rings. The molecule has 0 saturated heterocycles. The number of phenolic OH excluding ortho intramolecular Hbond substituents is 3. The molecule has 0 atom stereocenters. The lowest BCUT2D eigenvalue weighted by molar-refractivity contribution is 0.439. The highest BCUT2D eigenvalue weighted by Gasteiger charge is 2.35. The second-order valence-electron chi connectivity index (χ2n) is 15.2. The van der Waals surface area contributed by atoms with Crippen molar-refractivity contribution >= 4 is 0 Å². The van der Waals surface area contributed by atoms with Gasteiger partial charge in [-0.05, 0) is 118 Å². The Hall–Kier alpha value is -2.94. The van der Waals surface area contributed by atoms with Gasteiger partial charge in [-0.1, -0.05) is 87.4 Å². The Balaban J connectivity index is 2.32. The van der Waals surface area contributed by atoms with E-state index in [2.05, 4.69) is 108 Å². The lowest BCUT2D eigenvalue weighted by Gasteiger charge is -2.37. The van der Waals surface area contributed by atoms with E-state index in [-0.39, 0.29) is 16.2 Å². The Morgan fingerprint density at radius 3 is 1.12 bits per heavy atom. The summed E-state index contributed by atoms with van der Waals surface area (Å²) >= 11 is 0. The normalized spacial score (nSPS) is 13.1. The van der Waals surface area contributed by atoms with E-state index in [4.69, 9.17) is 0 Å². The van der Waals surface area contributed by atoms with Gasteiger partial charge >= 0.3 is 0 Å². The van der Waals surface area contributed by atoms with Crippen LogP contribution in [0.3, 0.4) is 0 Å². The highest BCUT2D eigenvalue weighted by Crippen LogP contribution is 2.46. The zero-order chi connectivity index (χ0) is 30.6. The van der Waals surface area contributed by atoms with Crippen molar-refractivity contribution in [3.63, 3.8) is 0 Å². The first-order valence-corrected chi connectivity index (χ1v) is 14.6. The second kappa shape index (κ2) is 10.5. The van der Waals surface area contributed by atoms with Crippen LogP contribution in [0.2, 0.25) is 0 Å². The molecule has 40 heavy (non-hydrogen) atoms. The van der Waals surface area contributed by atoms with Gasteiger partial charge in [0.25, 0.3) is 0 Å². The first-order chi connectivity index (χ1) is 18.1. The van der Waals surface area contributed by atoms with E-state index in [9.17, 15) is 15.3 Å². The fraction of sp³-hybridized carbons (Fsp3) is 0.514. The van der Waals surface area contributed by atoms with Crippen molar-refractivity contribution in [2.45, 2.75) is 125 Å². The molecule has 0 fully saturated rings. The highest BCUT2D eigenvalue weighted by atomic mass is 16.3. The lowest BCUT2D eigenvalue weighted by Crippen LogP contribution is -2.29. The average Bonchev–Trinajstić information content (AvgIpc) is 2.75. The van der Waals surface area contributed by atoms with E-state index in [0.717, 1.165) is 46.2 Å². The SMILES string of the molecule is Cc1cc(O)c(C(C)(C)C)cc1CCC(C)(c1cc(C(C)(C)C)c(O)cc1C)c1cc(C(C)(C)C)c(O)cc1C. The van der Waals surface area contributed by atoms with Crippen molar-refractivity contribution in [3.8, 4) is 17.2 Å². The molecule has 0 amide bonds. The molecule has 3 N–H and O–H groups in total. The van der Waals surface area contributed by atoms with Crippen LogP contribution in [-0.4, -0.2) is 15.3 Å². The van der Waals surface area contributed by atoms with Crippen molar-refractivity contribution in [1.29, 1.82) is 0 Å². The van der Waals surface area contributed by atoms with Crippen LogP contribution < -0.4 is 0 Å². The Morgan fingerprint density at radius 2 is 0.775 bits per heavy atom. The van der Waals surface area contributed by atoms with E-state index in [1.165, 1.54) is 16.7 Å². The molecule has 0 bridgehead atoms. The molecule has 218 valence electrons. The summed E-state index contributed by atoms with van der Waals surface area (Å²) in [4.78, 5) is 0. The molecule has 0 spiro atoms. The van der Waals surface area contributed by atoms with E-state index >= 15 is 0 Å². The molecule has 0 aromatic heterocycles. The third-order valence-electron chi connectivity index (χ3n) is 8.65. The summed E-state index contributed by atoms with van der Waals surface area (Å²) in [5.41, 5.74) is 8.62. The topological polar surface area (TPSA) is 60.7 Å². The van der Waals surface area contributed by atoms with Crippen LogP contribution >= 0.6 is 0 Å². The molecule has 0 radical (unpaired) electrons. The van der Waals surface area contributed by atoms with Crippen LogP contribution in [-0.2, 0) is 28.1 Å². The number of hydrogen-bond donors (Lipinski definition) is 3. The van der Waals surface area contributed by atoms with Crippen molar-refractivity contribution < 1.29 is 15.3 Å². The number of hydrogen-bond acceptors (Lipinski definition) is 3. The van der Waals surface area contributed by atoms with E-state index in [0.29, 0.717) is 17.2 Å². The Kier molecular flexibility index (Phi) is 8.27. The molecular formula is C37H52O3. The summed E-state index contributed by atoms with van der Waals surface area (Å²) in [5.74, 6) is 1.01. The number of rotatable bonds is 5. The van der Waals surface area contributed by atoms with Gasteiger partial charge < -0.3 is 15.3 Å². The maximum absolute atomic E-state index is 10.9. The van der Waals surface area contributed by atoms with Gasteiger partial charge in [-0.2, -0.15) is 0 Å². The quantitative estimate of drug-likeness (QED) is 0.300. The fourth-order valence-corrected chi connectivity index (χ4v) is 6.18. The van der Waals surface area contributed by atoms with Crippen molar-refractivity contribution in [1.82, 2.24) is 0 Å². The van der Waals surface area contributed by atoms with E-state index < -0.39 is 5.41 Å². The van der Waals surface area contributed by atoms with Crippen molar-refractivity contribution in [2.24, 2.45) is 0 Å². The molecule has 3 nitrogen and oxygen atoms in total. The smallest absolute Gasteiger partial charge is 0.119 e. The summed E-state index contributed by atoms with van der Waals surface area (Å²) in [6.07, 6.45) is 1.65. The minimum absolute atomic E-state index is 0.167. The molecule has 3 aromatic carbocycles. The zero-order valence-corrected chi connectivity index (χ0v) is 27.2. The first-order valence-electron chi connectivity index (χ1n) is 14.6. The zero-order valence-electron chi connectivity index (χ0n) is 27.2. The number of benzene rings is 3. The molecule has 0 saturated carbocycles. The van der Waals surface area contributed by atoms with Gasteiger partial charge in [0.05, 0.1) is 0 Å². The standard InChI is InChI=1S/C37H52O3/c1-22-16-31(38)28(34(4,5)6)19-25(22)14-15-37(13,26-20-29(35(7,8)9)32(39)17-23(26)2)27-21-30(36(10,11)12)33(40)18-24(27)3/h16-21,38-40H,14-15H2,1-13H3. The summed E-state index contributed by atoms with van der Waals surface area (Å²) in [5, 5.41) is 32.6. The number of phenols is 3. The van der Waals surface area contributed by atoms with Crippen molar-refractivity contribution in [2.75, 3.05) is 0 Å². The second-order valence-corrected chi connectivity index (χ2v) is 15.2. The Bertz CT molecular complexity index is 1340. The minimum Gasteiger partial charge on any atom is -0.508 e. The van der Waals surface area contributed by atoms with Gasteiger partial charge in [0, 0.05) is 5.41 Å². The molecule has 0 aliphatic carbocycles. The van der Waals surface area contributed by atoms with Crippen molar-refractivity contribution in [3.05, 3.63) is 86.5 Å². The maximum atomic E-state index is 10.9. The van der Waals surface area contributed by atoms with Crippen LogP contribution in [0.25, 0.3) is 0 Å². The molecule has 0 aliphatic rings. The van der Waals surface area contributed by atoms with Gasteiger partial charge in [-0.15, -0.1) is 0 Å². The van der Waals surface area contributed by atoms with Gasteiger partial charge in [-0.25, -0.2) is 0 Å². The van der Waals surface area contributed by atoms with E-state index in [1.807, 2.05) is 18.2 Å². The molecule has 0 heterocycles. The average molecular weight is 545 g/mol. The summed E-state index contributed by atoms with van der Waals surface area (Å²) in [6.45, 7) is 27.8. The van der Waals surface area contributed by atoms with E-state index in [1.54, 1.807) is 0 Å². The van der Waals surface area contributed by atoms with Gasteiger partial charge in [0.1, 0.15) is 17.2 Å². The number of aromatic hydroxyl groups is 3. The van der Waals surface area contributed by atoms with Gasteiger partial charge in [0.2, 0.25) is 0 Å². The van der Waals surface area contributed by atoms with Gasteiger partial charge in [0.15, 0.2) is 0 Å². The molecule has 0 unspecified atom stereocenters. The molecule has 3 heteroatoms. The van der Waals surface area contributed by atoms with Crippen LogP contribution in [0.1, 0.15) is 126 Å². The lowest BCUT2D eigenvalue weighted by atomic mass is 9.67. The summed E-state index contributed by atoms with van der Waals surface area (Å²) in [7, 11) is 0. The largest absolute Gasteiger partial charge is 0.508 e. The molecule has 3 rings (SSSR count). The van der Waals surface area contributed by atoms with Crippen LogP contribution in [0.15, 0.2) is 36.4 Å². The van der Waals surface area contributed by atoms with Gasteiger partial charge in [-0.3, -0.25) is 0 Å². The predicted octanol–water partition coefficient (Wildman–Crippen LogP) is 9.56. The monoisotopic (exact) mass is 544 g/mol. The highest BCUT2D eigenvalue weighted by molar-refractivity contribution is 5.56. The van der Waals surface area contributed by atoms with Crippen LogP contribution in [0.5, 0.6) is 17.2 Å². The Labute approximate surface area is 243 Å². The molecular weight excluding hydrogens is 492 g/mol. The first kappa shape index (κ1) is 31.6. The summed E-state index contributed by atoms with van der Waals surface area (Å²) in [6, 6.07) is 12.3. The fourth-order valence-electron chi connectivity index (χ4n) is 6.18. The Morgan fingerprint density at radius 1 is 0.450 bits per heavy atom. The van der Waals surface area contributed by atoms with Crippen LogP contribution in [0, 0.1) is 20.8 Å². The third kappa shape index (κ3) is 6.19. The van der Waals surface area contributed by atoms with Crippen LogP contribution in [0.4, 0.5) is 0 Å². The molecule has 0 aliphatic heterocycles. The summed E-state index contributed by atoms with van der Waals surface area (Å²) < 4.78 is 0. The maximum Gasteiger partial charge on any atom is 0.119 e. The number of aryl methyl sites for hydroxylation is 4. The third-order valence-corrected chi connectivity index (χ3v) is 8.65.